The van der Waals surface area contributed by atoms with Gasteiger partial charge in [0.1, 0.15) is 5.75 Å². The smallest absolute Gasteiger partial charge is 0.120 e. The van der Waals surface area contributed by atoms with Crippen LogP contribution in [0.1, 0.15) is 17.2 Å². The summed E-state index contributed by atoms with van der Waals surface area (Å²) in [6.45, 7) is 0. The highest BCUT2D eigenvalue weighted by Crippen LogP contribution is 2.33. The summed E-state index contributed by atoms with van der Waals surface area (Å²) in [5.41, 5.74) is 7.77. The van der Waals surface area contributed by atoms with E-state index in [0.717, 1.165) is 11.1 Å². The van der Waals surface area contributed by atoms with Crippen LogP contribution in [0.25, 0.3) is 0 Å². The van der Waals surface area contributed by atoms with Gasteiger partial charge in [-0.25, -0.2) is 0 Å². The minimum absolute atomic E-state index is 0.414. The topological polar surface area (TPSA) is 35.2 Å². The van der Waals surface area contributed by atoms with Crippen LogP contribution < -0.4 is 10.5 Å². The van der Waals surface area contributed by atoms with Crippen molar-refractivity contribution in [3.05, 3.63) is 62.6 Å². The second-order valence-corrected chi connectivity index (χ2v) is 5.28. The van der Waals surface area contributed by atoms with E-state index in [9.17, 15) is 0 Å². The van der Waals surface area contributed by atoms with Crippen LogP contribution in [0.15, 0.2) is 36.4 Å². The summed E-state index contributed by atoms with van der Waals surface area (Å²) in [7, 11) is 1.58. The van der Waals surface area contributed by atoms with E-state index in [4.69, 9.17) is 45.3 Å². The van der Waals surface area contributed by atoms with Crippen molar-refractivity contribution < 1.29 is 4.74 Å². The van der Waals surface area contributed by atoms with Gasteiger partial charge in [0.05, 0.1) is 13.2 Å². The minimum atomic E-state index is -0.414. The summed E-state index contributed by atoms with van der Waals surface area (Å²) in [5.74, 6) is 0.683. The first-order valence-corrected chi connectivity index (χ1v) is 6.70. The lowest BCUT2D eigenvalue weighted by Crippen LogP contribution is -2.13. The summed E-state index contributed by atoms with van der Waals surface area (Å²) in [5, 5.41) is 1.63. The predicted molar refractivity (Wildman–Crippen MR) is 80.5 cm³/mol. The molecule has 0 aromatic heterocycles. The molecule has 0 fully saturated rings. The monoisotopic (exact) mass is 315 g/mol. The molecule has 0 aliphatic carbocycles. The Kier molecular flexibility index (Phi) is 4.58. The molecule has 2 N–H and O–H groups in total. The molecule has 2 aromatic carbocycles. The Bertz CT molecular complexity index is 601. The summed E-state index contributed by atoms with van der Waals surface area (Å²) in [4.78, 5) is 0. The van der Waals surface area contributed by atoms with Crippen molar-refractivity contribution >= 4 is 34.8 Å². The van der Waals surface area contributed by atoms with Gasteiger partial charge in [0, 0.05) is 15.1 Å². The summed E-state index contributed by atoms with van der Waals surface area (Å²) < 4.78 is 5.11. The van der Waals surface area contributed by atoms with Gasteiger partial charge in [-0.2, -0.15) is 0 Å². The Morgan fingerprint density at radius 3 is 2.05 bits per heavy atom. The molecular weight excluding hydrogens is 305 g/mol. The van der Waals surface area contributed by atoms with Crippen LogP contribution in [0.4, 0.5) is 0 Å². The van der Waals surface area contributed by atoms with E-state index in [0.29, 0.717) is 20.8 Å². The third kappa shape index (κ3) is 3.15. The molecule has 100 valence electrons. The van der Waals surface area contributed by atoms with E-state index < -0.39 is 6.04 Å². The third-order valence-electron chi connectivity index (χ3n) is 2.84. The lowest BCUT2D eigenvalue weighted by molar-refractivity contribution is 0.414. The first kappa shape index (κ1) is 14.5. The van der Waals surface area contributed by atoms with E-state index in [1.54, 1.807) is 31.4 Å². The molecule has 0 bridgehead atoms. The van der Waals surface area contributed by atoms with Gasteiger partial charge in [-0.15, -0.1) is 0 Å². The first-order chi connectivity index (χ1) is 9.02. The van der Waals surface area contributed by atoms with Gasteiger partial charge in [-0.05, 0) is 35.4 Å². The molecule has 0 aliphatic rings. The molecule has 0 saturated carbocycles. The normalized spacial score (nSPS) is 12.3. The molecule has 0 radical (unpaired) electrons. The van der Waals surface area contributed by atoms with E-state index in [2.05, 4.69) is 0 Å². The molecule has 2 nitrogen and oxygen atoms in total. The minimum Gasteiger partial charge on any atom is -0.497 e. The first-order valence-electron chi connectivity index (χ1n) is 5.57. The fraction of sp³-hybridized carbons (Fsp3) is 0.143. The number of rotatable bonds is 3. The van der Waals surface area contributed by atoms with E-state index >= 15 is 0 Å². The molecule has 0 amide bonds. The number of halogens is 3. The maximum atomic E-state index is 6.21. The summed E-state index contributed by atoms with van der Waals surface area (Å²) >= 11 is 18.2. The van der Waals surface area contributed by atoms with Crippen molar-refractivity contribution in [1.29, 1.82) is 0 Å². The highest BCUT2D eigenvalue weighted by molar-refractivity contribution is 6.35. The van der Waals surface area contributed by atoms with Gasteiger partial charge < -0.3 is 10.5 Å². The molecule has 1 unspecified atom stereocenters. The number of hydrogen-bond acceptors (Lipinski definition) is 2. The molecule has 0 saturated heterocycles. The van der Waals surface area contributed by atoms with Crippen molar-refractivity contribution in [2.45, 2.75) is 6.04 Å². The molecule has 1 atom stereocenters. The molecule has 0 spiro atoms. The average molecular weight is 317 g/mol. The molecule has 0 heterocycles. The van der Waals surface area contributed by atoms with Gasteiger partial charge in [0.15, 0.2) is 0 Å². The van der Waals surface area contributed by atoms with Crippen LogP contribution in [0.5, 0.6) is 5.75 Å². The Morgan fingerprint density at radius 1 is 0.947 bits per heavy atom. The van der Waals surface area contributed by atoms with Gasteiger partial charge in [0.2, 0.25) is 0 Å². The van der Waals surface area contributed by atoms with Crippen molar-refractivity contribution in [3.8, 4) is 5.75 Å². The highest BCUT2D eigenvalue weighted by Gasteiger charge is 2.16. The number of ether oxygens (including phenoxy) is 1. The molecule has 0 aliphatic heterocycles. The fourth-order valence-electron chi connectivity index (χ4n) is 1.81. The quantitative estimate of drug-likeness (QED) is 0.890. The van der Waals surface area contributed by atoms with Crippen LogP contribution in [-0.4, -0.2) is 7.11 Å². The Hall–Kier alpha value is -0.930. The fourth-order valence-corrected chi connectivity index (χ4v) is 2.62. The Labute approximate surface area is 127 Å². The van der Waals surface area contributed by atoms with Crippen LogP contribution in [-0.2, 0) is 0 Å². The SMILES string of the molecule is COc1ccc(C(N)c2ccc(Cl)cc2Cl)c(Cl)c1. The zero-order valence-corrected chi connectivity index (χ0v) is 12.4. The van der Waals surface area contributed by atoms with E-state index in [-0.39, 0.29) is 0 Å². The average Bonchev–Trinajstić information content (AvgIpc) is 2.37. The van der Waals surface area contributed by atoms with Crippen molar-refractivity contribution in [3.63, 3.8) is 0 Å². The highest BCUT2D eigenvalue weighted by atomic mass is 35.5. The van der Waals surface area contributed by atoms with Crippen molar-refractivity contribution in [1.82, 2.24) is 0 Å². The zero-order valence-electron chi connectivity index (χ0n) is 10.2. The summed E-state index contributed by atoms with van der Waals surface area (Å²) in [6.07, 6.45) is 0. The van der Waals surface area contributed by atoms with Gasteiger partial charge >= 0.3 is 0 Å². The second-order valence-electron chi connectivity index (χ2n) is 4.03. The lowest BCUT2D eigenvalue weighted by atomic mass is 9.99. The lowest BCUT2D eigenvalue weighted by Gasteiger charge is -2.16. The van der Waals surface area contributed by atoms with Crippen LogP contribution >= 0.6 is 34.8 Å². The predicted octanol–water partition coefficient (Wildman–Crippen LogP) is 4.70. The van der Waals surface area contributed by atoms with E-state index in [1.165, 1.54) is 0 Å². The van der Waals surface area contributed by atoms with Crippen LogP contribution in [0.3, 0.4) is 0 Å². The molecular formula is C14H12Cl3NO. The summed E-state index contributed by atoms with van der Waals surface area (Å²) in [6, 6.07) is 10.2. The largest absolute Gasteiger partial charge is 0.497 e. The Balaban J connectivity index is 2.41. The van der Waals surface area contributed by atoms with Crippen LogP contribution in [0.2, 0.25) is 15.1 Å². The maximum absolute atomic E-state index is 6.21. The zero-order chi connectivity index (χ0) is 14.0. The third-order valence-corrected chi connectivity index (χ3v) is 3.73. The van der Waals surface area contributed by atoms with Gasteiger partial charge in [-0.3, -0.25) is 0 Å². The van der Waals surface area contributed by atoms with E-state index in [1.807, 2.05) is 12.1 Å². The Morgan fingerprint density at radius 2 is 1.53 bits per heavy atom. The van der Waals surface area contributed by atoms with Crippen molar-refractivity contribution in [2.75, 3.05) is 7.11 Å². The number of methoxy groups -OCH3 is 1. The number of hydrogen-bond donors (Lipinski definition) is 1. The number of nitrogens with two attached hydrogens (primary N) is 1. The van der Waals surface area contributed by atoms with Crippen LogP contribution in [0, 0.1) is 0 Å². The molecule has 2 rings (SSSR count). The molecule has 5 heteroatoms. The van der Waals surface area contributed by atoms with Gasteiger partial charge in [-0.1, -0.05) is 46.9 Å². The molecule has 19 heavy (non-hydrogen) atoms. The van der Waals surface area contributed by atoms with Crippen molar-refractivity contribution in [2.24, 2.45) is 5.73 Å². The standard InChI is InChI=1S/C14H12Cl3NO/c1-19-9-3-5-11(13(17)7-9)14(18)10-4-2-8(15)6-12(10)16/h2-7,14H,18H2,1H3. The second kappa shape index (κ2) is 6.02. The maximum Gasteiger partial charge on any atom is 0.120 e. The number of benzene rings is 2. The molecule has 2 aromatic rings. The van der Waals surface area contributed by atoms with Gasteiger partial charge in [0.25, 0.3) is 0 Å².